The lowest BCUT2D eigenvalue weighted by molar-refractivity contribution is 0.630. The van der Waals surface area contributed by atoms with Crippen LogP contribution < -0.4 is 10.6 Å². The summed E-state index contributed by atoms with van der Waals surface area (Å²) >= 11 is 0. The number of pyridine rings is 1. The van der Waals surface area contributed by atoms with Crippen molar-refractivity contribution in [3.05, 3.63) is 23.4 Å². The quantitative estimate of drug-likeness (QED) is 0.830. The molecule has 112 valence electrons. The van der Waals surface area contributed by atoms with E-state index in [0.717, 1.165) is 31.1 Å². The Hall–Kier alpha value is -1.09. The van der Waals surface area contributed by atoms with Crippen LogP contribution in [0.5, 0.6) is 0 Å². The molecule has 1 atom stereocenters. The maximum absolute atomic E-state index is 6.04. The summed E-state index contributed by atoms with van der Waals surface area (Å²) in [7, 11) is 0. The Morgan fingerprint density at radius 1 is 1.40 bits per heavy atom. The molecule has 0 aromatic carbocycles. The van der Waals surface area contributed by atoms with Gasteiger partial charge in [-0.25, -0.2) is 4.98 Å². The van der Waals surface area contributed by atoms with E-state index in [4.69, 9.17) is 10.7 Å². The highest BCUT2D eigenvalue weighted by Gasteiger charge is 2.26. The summed E-state index contributed by atoms with van der Waals surface area (Å²) in [6.07, 6.45) is 6.72. The zero-order chi connectivity index (χ0) is 14.7. The van der Waals surface area contributed by atoms with Gasteiger partial charge in [0.25, 0.3) is 0 Å². The fourth-order valence-corrected chi connectivity index (χ4v) is 2.61. The van der Waals surface area contributed by atoms with Crippen LogP contribution in [0.1, 0.15) is 51.2 Å². The molecule has 1 saturated carbocycles. The van der Waals surface area contributed by atoms with E-state index in [-0.39, 0.29) is 6.04 Å². The van der Waals surface area contributed by atoms with Crippen LogP contribution in [0.25, 0.3) is 0 Å². The predicted octanol–water partition coefficient (Wildman–Crippen LogP) is 3.29. The van der Waals surface area contributed by atoms with E-state index in [0.29, 0.717) is 6.04 Å². The van der Waals surface area contributed by atoms with E-state index in [2.05, 4.69) is 38.7 Å². The maximum atomic E-state index is 6.04. The molecular weight excluding hydrogens is 246 g/mol. The van der Waals surface area contributed by atoms with Gasteiger partial charge in [-0.3, -0.25) is 0 Å². The summed E-state index contributed by atoms with van der Waals surface area (Å²) in [6.45, 7) is 9.97. The summed E-state index contributed by atoms with van der Waals surface area (Å²) in [6, 6.07) is 3.01. The summed E-state index contributed by atoms with van der Waals surface area (Å²) in [5, 5.41) is 0. The largest absolute Gasteiger partial charge is 0.354 e. The molecule has 2 rings (SSSR count). The monoisotopic (exact) mass is 275 g/mol. The smallest absolute Gasteiger partial charge is 0.131 e. The lowest BCUT2D eigenvalue weighted by Crippen LogP contribution is -2.34. The van der Waals surface area contributed by atoms with E-state index >= 15 is 0 Å². The average molecular weight is 275 g/mol. The molecule has 1 fully saturated rings. The predicted molar refractivity (Wildman–Crippen MR) is 86.2 cm³/mol. The van der Waals surface area contributed by atoms with E-state index in [1.807, 2.05) is 6.20 Å². The van der Waals surface area contributed by atoms with Crippen molar-refractivity contribution >= 4 is 5.82 Å². The summed E-state index contributed by atoms with van der Waals surface area (Å²) < 4.78 is 0. The molecule has 20 heavy (non-hydrogen) atoms. The number of aryl methyl sites for hydroxylation is 1. The van der Waals surface area contributed by atoms with Gasteiger partial charge in [0.2, 0.25) is 0 Å². The maximum Gasteiger partial charge on any atom is 0.131 e. The summed E-state index contributed by atoms with van der Waals surface area (Å²) in [5.41, 5.74) is 8.57. The molecule has 0 saturated heterocycles. The third kappa shape index (κ3) is 3.95. The van der Waals surface area contributed by atoms with E-state index < -0.39 is 0 Å². The third-order valence-electron chi connectivity index (χ3n) is 4.18. The molecule has 0 bridgehead atoms. The zero-order valence-corrected chi connectivity index (χ0v) is 13.4. The van der Waals surface area contributed by atoms with Crippen molar-refractivity contribution in [1.29, 1.82) is 0 Å². The van der Waals surface area contributed by atoms with E-state index in [9.17, 15) is 0 Å². The van der Waals surface area contributed by atoms with Crippen LogP contribution in [0.3, 0.4) is 0 Å². The third-order valence-corrected chi connectivity index (χ3v) is 4.18. The van der Waals surface area contributed by atoms with Crippen LogP contribution in [0.2, 0.25) is 0 Å². The molecule has 3 nitrogen and oxygen atoms in total. The zero-order valence-electron chi connectivity index (χ0n) is 13.4. The van der Waals surface area contributed by atoms with Crippen molar-refractivity contribution in [2.24, 2.45) is 11.7 Å². The number of hydrogen-bond donors (Lipinski definition) is 1. The average Bonchev–Trinajstić information content (AvgIpc) is 3.20. The molecule has 1 aromatic heterocycles. The lowest BCUT2D eigenvalue weighted by Gasteiger charge is -2.29. The Kier molecular flexibility index (Phi) is 5.03. The van der Waals surface area contributed by atoms with Gasteiger partial charge < -0.3 is 10.6 Å². The SMILES string of the molecule is CCC(N)Cc1cnc(N(CC2CC2)C(C)C)c(C)c1. The molecule has 0 spiro atoms. The number of aromatic nitrogens is 1. The topological polar surface area (TPSA) is 42.1 Å². The highest BCUT2D eigenvalue weighted by Crippen LogP contribution is 2.32. The number of nitrogens with zero attached hydrogens (tertiary/aromatic N) is 2. The summed E-state index contributed by atoms with van der Waals surface area (Å²) in [4.78, 5) is 7.19. The van der Waals surface area contributed by atoms with Crippen molar-refractivity contribution in [2.45, 2.75) is 65.5 Å². The van der Waals surface area contributed by atoms with Gasteiger partial charge in [0, 0.05) is 24.8 Å². The minimum atomic E-state index is 0.245. The van der Waals surface area contributed by atoms with Gasteiger partial charge >= 0.3 is 0 Å². The van der Waals surface area contributed by atoms with E-state index in [1.54, 1.807) is 0 Å². The van der Waals surface area contributed by atoms with Crippen LogP contribution in [0.15, 0.2) is 12.3 Å². The first-order valence-corrected chi connectivity index (χ1v) is 7.99. The Bertz CT molecular complexity index is 438. The molecule has 0 amide bonds. The molecule has 1 unspecified atom stereocenters. The van der Waals surface area contributed by atoms with Gasteiger partial charge in [-0.1, -0.05) is 13.0 Å². The molecule has 0 radical (unpaired) electrons. The minimum Gasteiger partial charge on any atom is -0.354 e. The number of rotatable bonds is 7. The fourth-order valence-electron chi connectivity index (χ4n) is 2.61. The van der Waals surface area contributed by atoms with Crippen LogP contribution in [0, 0.1) is 12.8 Å². The Morgan fingerprint density at radius 2 is 2.10 bits per heavy atom. The fraction of sp³-hybridized carbons (Fsp3) is 0.706. The summed E-state index contributed by atoms with van der Waals surface area (Å²) in [5.74, 6) is 2.03. The number of hydrogen-bond acceptors (Lipinski definition) is 3. The second-order valence-corrected chi connectivity index (χ2v) is 6.55. The normalized spacial score (nSPS) is 16.5. The van der Waals surface area contributed by atoms with Gasteiger partial charge in [0.15, 0.2) is 0 Å². The highest BCUT2D eigenvalue weighted by atomic mass is 15.2. The number of nitrogens with two attached hydrogens (primary N) is 1. The van der Waals surface area contributed by atoms with Gasteiger partial charge in [0.1, 0.15) is 5.82 Å². The van der Waals surface area contributed by atoms with Crippen molar-refractivity contribution in [3.8, 4) is 0 Å². The molecule has 1 aliphatic carbocycles. The molecule has 3 heteroatoms. The number of anilines is 1. The Balaban J connectivity index is 2.13. The molecular formula is C17H29N3. The molecule has 0 aliphatic heterocycles. The Morgan fingerprint density at radius 3 is 2.60 bits per heavy atom. The Labute approximate surface area is 123 Å². The van der Waals surface area contributed by atoms with Crippen LogP contribution in [-0.4, -0.2) is 23.6 Å². The second kappa shape index (κ2) is 6.57. The first-order chi connectivity index (χ1) is 9.51. The minimum absolute atomic E-state index is 0.245. The van der Waals surface area contributed by atoms with Gasteiger partial charge in [-0.2, -0.15) is 0 Å². The van der Waals surface area contributed by atoms with Crippen molar-refractivity contribution in [3.63, 3.8) is 0 Å². The first kappa shape index (κ1) is 15.3. The van der Waals surface area contributed by atoms with Crippen LogP contribution >= 0.6 is 0 Å². The molecule has 1 aliphatic rings. The molecule has 2 N–H and O–H groups in total. The first-order valence-electron chi connectivity index (χ1n) is 7.99. The molecule has 1 heterocycles. The lowest BCUT2D eigenvalue weighted by atomic mass is 10.0. The van der Waals surface area contributed by atoms with Crippen molar-refractivity contribution < 1.29 is 0 Å². The van der Waals surface area contributed by atoms with Crippen molar-refractivity contribution in [2.75, 3.05) is 11.4 Å². The standard InChI is InChI=1S/C17H29N3/c1-5-16(18)9-15-8-13(4)17(19-10-15)20(12(2)3)11-14-6-7-14/h8,10,12,14,16H,5-7,9,11,18H2,1-4H3. The van der Waals surface area contributed by atoms with Gasteiger partial charge in [-0.05, 0) is 63.5 Å². The second-order valence-electron chi connectivity index (χ2n) is 6.55. The van der Waals surface area contributed by atoms with Crippen LogP contribution in [-0.2, 0) is 6.42 Å². The van der Waals surface area contributed by atoms with Gasteiger partial charge in [0.05, 0.1) is 0 Å². The molecule has 1 aromatic rings. The highest BCUT2D eigenvalue weighted by molar-refractivity contribution is 5.48. The van der Waals surface area contributed by atoms with E-state index in [1.165, 1.54) is 24.0 Å². The van der Waals surface area contributed by atoms with Crippen LogP contribution in [0.4, 0.5) is 5.82 Å². The van der Waals surface area contributed by atoms with Gasteiger partial charge in [-0.15, -0.1) is 0 Å². The van der Waals surface area contributed by atoms with Crippen molar-refractivity contribution in [1.82, 2.24) is 4.98 Å².